The average molecular weight is 324 g/mol. The van der Waals surface area contributed by atoms with E-state index in [1.165, 1.54) is 0 Å². The first-order chi connectivity index (χ1) is 11.6. The number of hydrogen-bond donors (Lipinski definition) is 0. The maximum absolute atomic E-state index is 13.0. The molecule has 0 aromatic carbocycles. The molecule has 0 saturated carbocycles. The van der Waals surface area contributed by atoms with Gasteiger partial charge >= 0.3 is 0 Å². The second-order valence-corrected chi connectivity index (χ2v) is 6.43. The largest absolute Gasteiger partial charge is 0.334 e. The van der Waals surface area contributed by atoms with Crippen LogP contribution in [0.4, 0.5) is 0 Å². The minimum absolute atomic E-state index is 0.0661. The second-order valence-electron chi connectivity index (χ2n) is 6.43. The highest BCUT2D eigenvalue weighted by molar-refractivity contribution is 5.94. The third-order valence-electron chi connectivity index (χ3n) is 4.62. The van der Waals surface area contributed by atoms with Gasteiger partial charge in [0.2, 0.25) is 0 Å². The average Bonchev–Trinajstić information content (AvgIpc) is 3.29. The van der Waals surface area contributed by atoms with Crippen molar-refractivity contribution in [3.63, 3.8) is 0 Å². The minimum atomic E-state index is 0.0661. The molecule has 0 aliphatic carbocycles. The van der Waals surface area contributed by atoms with Crippen LogP contribution in [0.5, 0.6) is 0 Å². The smallest absolute Gasteiger partial charge is 0.255 e. The number of aryl methyl sites for hydroxylation is 2. The Morgan fingerprint density at radius 1 is 1.25 bits per heavy atom. The van der Waals surface area contributed by atoms with Gasteiger partial charge in [-0.05, 0) is 44.4 Å². The first kappa shape index (κ1) is 14.9. The van der Waals surface area contributed by atoms with E-state index in [0.717, 1.165) is 43.0 Å². The lowest BCUT2D eigenvalue weighted by molar-refractivity contribution is 0.0721. The van der Waals surface area contributed by atoms with Crippen LogP contribution in [0.3, 0.4) is 0 Å². The van der Waals surface area contributed by atoms with Gasteiger partial charge in [-0.25, -0.2) is 0 Å². The quantitative estimate of drug-likeness (QED) is 0.737. The van der Waals surface area contributed by atoms with Crippen LogP contribution < -0.4 is 0 Å². The Labute approximate surface area is 139 Å². The van der Waals surface area contributed by atoms with E-state index in [-0.39, 0.29) is 11.9 Å². The summed E-state index contributed by atoms with van der Waals surface area (Å²) in [6.07, 6.45) is 7.75. The normalized spacial score (nSPS) is 17.8. The van der Waals surface area contributed by atoms with E-state index in [9.17, 15) is 4.79 Å². The molecule has 1 atom stereocenters. The molecule has 0 spiro atoms. The van der Waals surface area contributed by atoms with Crippen LogP contribution in [0.25, 0.3) is 5.65 Å². The van der Waals surface area contributed by atoms with Crippen LogP contribution in [0.1, 0.15) is 34.6 Å². The number of nitrogens with zero attached hydrogens (tertiary/aromatic N) is 6. The molecule has 1 saturated heterocycles. The Bertz CT molecular complexity index is 896. The lowest BCUT2D eigenvalue weighted by Gasteiger charge is -2.24. The third kappa shape index (κ3) is 2.55. The fraction of sp³-hybridized carbons (Fsp3) is 0.412. The Balaban J connectivity index is 1.58. The zero-order valence-electron chi connectivity index (χ0n) is 13.9. The van der Waals surface area contributed by atoms with E-state index in [0.29, 0.717) is 5.56 Å². The third-order valence-corrected chi connectivity index (χ3v) is 4.62. The summed E-state index contributed by atoms with van der Waals surface area (Å²) in [4.78, 5) is 14.9. The maximum atomic E-state index is 13.0. The molecule has 7 nitrogen and oxygen atoms in total. The van der Waals surface area contributed by atoms with Crippen molar-refractivity contribution >= 4 is 11.6 Å². The van der Waals surface area contributed by atoms with Gasteiger partial charge in [-0.3, -0.25) is 13.9 Å². The zero-order chi connectivity index (χ0) is 16.7. The number of pyridine rings is 1. The van der Waals surface area contributed by atoms with Gasteiger partial charge in [0.15, 0.2) is 5.65 Å². The van der Waals surface area contributed by atoms with Crippen LogP contribution >= 0.6 is 0 Å². The molecular weight excluding hydrogens is 304 g/mol. The number of aromatic nitrogens is 5. The van der Waals surface area contributed by atoms with Crippen molar-refractivity contribution in [3.05, 3.63) is 47.7 Å². The van der Waals surface area contributed by atoms with Crippen molar-refractivity contribution < 1.29 is 4.79 Å². The van der Waals surface area contributed by atoms with E-state index < -0.39 is 0 Å². The molecule has 1 fully saturated rings. The van der Waals surface area contributed by atoms with E-state index in [4.69, 9.17) is 0 Å². The number of likely N-dealkylation sites (tertiary alicyclic amines) is 1. The van der Waals surface area contributed by atoms with Crippen LogP contribution in [-0.4, -0.2) is 47.8 Å². The molecule has 24 heavy (non-hydrogen) atoms. The molecule has 7 heteroatoms. The number of hydrogen-bond acceptors (Lipinski definition) is 4. The molecule has 0 radical (unpaired) electrons. The lowest BCUT2D eigenvalue weighted by Crippen LogP contribution is -2.38. The Kier molecular flexibility index (Phi) is 3.55. The van der Waals surface area contributed by atoms with Gasteiger partial charge in [0.25, 0.3) is 5.91 Å². The molecule has 4 heterocycles. The number of rotatable bonds is 3. The molecule has 0 unspecified atom stereocenters. The maximum Gasteiger partial charge on any atom is 0.255 e. The van der Waals surface area contributed by atoms with Gasteiger partial charge in [-0.15, -0.1) is 10.2 Å². The van der Waals surface area contributed by atoms with Crippen molar-refractivity contribution in [2.75, 3.05) is 6.54 Å². The molecule has 0 N–H and O–H groups in total. The standard InChI is InChI=1S/C17H20N6O/c1-12-8-18-21(9-12)11-15-4-3-7-22(15)17(24)14-5-6-16-20-19-13(2)23(16)10-14/h5-6,8-10,15H,3-4,7,11H2,1-2H3/t15-/m0/s1. The first-order valence-electron chi connectivity index (χ1n) is 8.23. The van der Waals surface area contributed by atoms with Crippen LogP contribution in [0, 0.1) is 13.8 Å². The summed E-state index contributed by atoms with van der Waals surface area (Å²) in [7, 11) is 0. The highest BCUT2D eigenvalue weighted by Crippen LogP contribution is 2.22. The molecule has 124 valence electrons. The van der Waals surface area contributed by atoms with Crippen LogP contribution in [0.2, 0.25) is 0 Å². The van der Waals surface area contributed by atoms with Gasteiger partial charge in [0, 0.05) is 18.9 Å². The van der Waals surface area contributed by atoms with E-state index in [1.807, 2.05) is 58.6 Å². The summed E-state index contributed by atoms with van der Waals surface area (Å²) in [5.41, 5.74) is 2.57. The summed E-state index contributed by atoms with van der Waals surface area (Å²) in [5, 5.41) is 12.5. The second kappa shape index (κ2) is 5.74. The number of carbonyl (C=O) groups excluding carboxylic acids is 1. The number of fused-ring (bicyclic) bond motifs is 1. The number of carbonyl (C=O) groups is 1. The topological polar surface area (TPSA) is 68.3 Å². The van der Waals surface area contributed by atoms with Crippen molar-refractivity contribution in [2.45, 2.75) is 39.3 Å². The SMILES string of the molecule is Cc1cnn(C[C@@H]2CCCN2C(=O)c2ccc3nnc(C)n3c2)c1. The minimum Gasteiger partial charge on any atom is -0.334 e. The van der Waals surface area contributed by atoms with Gasteiger partial charge in [0.1, 0.15) is 5.82 Å². The Hall–Kier alpha value is -2.70. The van der Waals surface area contributed by atoms with Crippen molar-refractivity contribution in [1.82, 2.24) is 29.3 Å². The van der Waals surface area contributed by atoms with Gasteiger partial charge in [0.05, 0.1) is 24.3 Å². The van der Waals surface area contributed by atoms with Crippen LogP contribution in [-0.2, 0) is 6.54 Å². The molecule has 1 aliphatic heterocycles. The molecule has 4 rings (SSSR count). The van der Waals surface area contributed by atoms with Crippen molar-refractivity contribution in [1.29, 1.82) is 0 Å². The van der Waals surface area contributed by atoms with Crippen LogP contribution in [0.15, 0.2) is 30.7 Å². The molecule has 0 bridgehead atoms. The van der Waals surface area contributed by atoms with E-state index in [1.54, 1.807) is 0 Å². The number of amides is 1. The van der Waals surface area contributed by atoms with E-state index in [2.05, 4.69) is 15.3 Å². The molecule has 1 amide bonds. The fourth-order valence-corrected chi connectivity index (χ4v) is 3.37. The summed E-state index contributed by atoms with van der Waals surface area (Å²) >= 11 is 0. The van der Waals surface area contributed by atoms with E-state index >= 15 is 0 Å². The van der Waals surface area contributed by atoms with Crippen molar-refractivity contribution in [2.24, 2.45) is 0 Å². The fourth-order valence-electron chi connectivity index (χ4n) is 3.37. The van der Waals surface area contributed by atoms with Gasteiger partial charge < -0.3 is 4.90 Å². The monoisotopic (exact) mass is 324 g/mol. The lowest BCUT2D eigenvalue weighted by atomic mass is 10.2. The van der Waals surface area contributed by atoms with Gasteiger partial charge in [-0.1, -0.05) is 0 Å². The molecule has 3 aromatic rings. The summed E-state index contributed by atoms with van der Waals surface area (Å²) in [6, 6.07) is 3.86. The Morgan fingerprint density at radius 3 is 2.92 bits per heavy atom. The molecular formula is C17H20N6O. The highest BCUT2D eigenvalue weighted by atomic mass is 16.2. The molecule has 3 aromatic heterocycles. The zero-order valence-corrected chi connectivity index (χ0v) is 13.9. The predicted molar refractivity (Wildman–Crippen MR) is 88.7 cm³/mol. The first-order valence-corrected chi connectivity index (χ1v) is 8.23. The molecule has 1 aliphatic rings. The summed E-state index contributed by atoms with van der Waals surface area (Å²) < 4.78 is 3.79. The summed E-state index contributed by atoms with van der Waals surface area (Å²) in [5.74, 6) is 0.848. The van der Waals surface area contributed by atoms with Gasteiger partial charge in [-0.2, -0.15) is 5.10 Å². The Morgan fingerprint density at radius 2 is 2.12 bits per heavy atom. The predicted octanol–water partition coefficient (Wildman–Crippen LogP) is 1.85. The summed E-state index contributed by atoms with van der Waals surface area (Å²) in [6.45, 7) is 5.45. The highest BCUT2D eigenvalue weighted by Gasteiger charge is 2.30. The van der Waals surface area contributed by atoms with Crippen molar-refractivity contribution in [3.8, 4) is 0 Å².